The average Bonchev–Trinajstić information content (AvgIpc) is 3.40. The van der Waals surface area contributed by atoms with Crippen molar-refractivity contribution in [1.82, 2.24) is 15.2 Å². The van der Waals surface area contributed by atoms with E-state index in [0.29, 0.717) is 17.9 Å². The van der Waals surface area contributed by atoms with Crippen LogP contribution in [0.1, 0.15) is 18.5 Å². The first-order valence-corrected chi connectivity index (χ1v) is 11.0. The molecule has 2 saturated heterocycles. The molecule has 2 fully saturated rings. The van der Waals surface area contributed by atoms with Crippen molar-refractivity contribution in [2.24, 2.45) is 5.16 Å². The van der Waals surface area contributed by atoms with E-state index in [1.807, 2.05) is 0 Å². The summed E-state index contributed by atoms with van der Waals surface area (Å²) in [6, 6.07) is -0.888. The van der Waals surface area contributed by atoms with E-state index in [-0.39, 0.29) is 57.9 Å². The van der Waals surface area contributed by atoms with Crippen molar-refractivity contribution in [3.05, 3.63) is 22.3 Å². The second kappa shape index (κ2) is 9.88. The van der Waals surface area contributed by atoms with E-state index in [1.165, 1.54) is 23.8 Å². The summed E-state index contributed by atoms with van der Waals surface area (Å²) in [6.07, 6.45) is 1.29. The Morgan fingerprint density at radius 1 is 1.48 bits per heavy atom. The number of anilines is 1. The number of rotatable bonds is 6. The monoisotopic (exact) mass is 476 g/mol. The summed E-state index contributed by atoms with van der Waals surface area (Å²) in [5.41, 5.74) is 6.29. The van der Waals surface area contributed by atoms with Gasteiger partial charge in [-0.05, 0) is 18.4 Å². The Morgan fingerprint density at radius 3 is 2.84 bits per heavy atom. The smallest absolute Gasteiger partial charge is 0.352 e. The quantitative estimate of drug-likeness (QED) is 0.215. The average molecular weight is 476 g/mol. The van der Waals surface area contributed by atoms with Crippen LogP contribution in [0.5, 0.6) is 0 Å². The number of fused-ring (bicyclic) bond motifs is 1. The molecule has 4 N–H and O–H groups in total. The first-order valence-electron chi connectivity index (χ1n) is 9.08. The van der Waals surface area contributed by atoms with E-state index < -0.39 is 29.2 Å². The van der Waals surface area contributed by atoms with Gasteiger partial charge < -0.3 is 25.7 Å². The van der Waals surface area contributed by atoms with Crippen LogP contribution in [-0.4, -0.2) is 105 Å². The third kappa shape index (κ3) is 4.47. The number of hydrogen-bond donors (Lipinski definition) is 3. The molecule has 161 valence electrons. The number of oxime groups is 1. The number of aliphatic carboxylic acids is 1. The molecule has 4 rings (SSSR count). The molecular weight excluding hydrogens is 457 g/mol. The van der Waals surface area contributed by atoms with Crippen molar-refractivity contribution in [3.63, 3.8) is 0 Å². The Balaban J connectivity index is 0.00000272. The van der Waals surface area contributed by atoms with Gasteiger partial charge in [0.2, 0.25) is 0 Å². The summed E-state index contributed by atoms with van der Waals surface area (Å²) in [6.45, 7) is 0.574. The van der Waals surface area contributed by atoms with Crippen molar-refractivity contribution in [2.45, 2.75) is 30.4 Å². The van der Waals surface area contributed by atoms with Crippen molar-refractivity contribution < 1.29 is 29.1 Å². The standard InChI is InChI=1S/C17H19N5O6S2.Na/c1-27-21-10(8-6-30-17(18)19-8)13(23)20-11-14(24)22-12(16(25)26)7(5-29-15(11)22)9-3-2-4-28-9;/h6,9,11,15H,2-5H2,1H3,(H2,18,19)(H,20,23)(H,25,26);/b21-10-;/t9?,11-,15-;/m1./s1. The Kier molecular flexibility index (Phi) is 7.65. The normalized spacial score (nSPS) is 25.5. The minimum absolute atomic E-state index is 0. The zero-order chi connectivity index (χ0) is 21.4. The number of thiazole rings is 1. The molecule has 1 radical (unpaired) electrons. The zero-order valence-electron chi connectivity index (χ0n) is 16.9. The van der Waals surface area contributed by atoms with Gasteiger partial charge in [-0.3, -0.25) is 14.5 Å². The fourth-order valence-corrected chi connectivity index (χ4v) is 5.60. The van der Waals surface area contributed by atoms with Gasteiger partial charge in [0.25, 0.3) is 11.8 Å². The van der Waals surface area contributed by atoms with Crippen molar-refractivity contribution in [1.29, 1.82) is 0 Å². The number of carbonyl (C=O) groups excluding carboxylic acids is 2. The first kappa shape index (κ1) is 24.0. The second-order valence-corrected chi connectivity index (χ2v) is 8.73. The second-order valence-electron chi connectivity index (χ2n) is 6.74. The molecule has 0 spiro atoms. The molecule has 2 amide bonds. The van der Waals surface area contributed by atoms with E-state index in [0.717, 1.165) is 24.2 Å². The number of nitrogens with zero attached hydrogens (tertiary/aromatic N) is 3. The summed E-state index contributed by atoms with van der Waals surface area (Å²) in [7, 11) is 1.28. The van der Waals surface area contributed by atoms with Crippen LogP contribution in [0.3, 0.4) is 0 Å². The predicted octanol–water partition coefficient (Wildman–Crippen LogP) is -0.387. The molecule has 1 aromatic rings. The Hall–Kier alpha value is -1.64. The number of nitrogens with one attached hydrogen (secondary N) is 1. The van der Waals surface area contributed by atoms with Crippen molar-refractivity contribution >= 4 is 81.3 Å². The van der Waals surface area contributed by atoms with Gasteiger partial charge in [-0.15, -0.1) is 23.1 Å². The fraction of sp³-hybridized carbons (Fsp3) is 0.471. The summed E-state index contributed by atoms with van der Waals surface area (Å²) in [5, 5.41) is 17.3. The Bertz CT molecular complexity index is 961. The van der Waals surface area contributed by atoms with Crippen molar-refractivity contribution in [2.75, 3.05) is 25.2 Å². The molecule has 0 bridgehead atoms. The Morgan fingerprint density at radius 2 is 2.26 bits per heavy atom. The van der Waals surface area contributed by atoms with Crippen LogP contribution in [0.4, 0.5) is 5.13 Å². The molecule has 1 aromatic heterocycles. The third-order valence-electron chi connectivity index (χ3n) is 4.97. The molecule has 1 unspecified atom stereocenters. The molecular formula is C17H19N5NaO6S2. The van der Waals surface area contributed by atoms with Gasteiger partial charge in [0.05, 0.1) is 6.10 Å². The zero-order valence-corrected chi connectivity index (χ0v) is 20.5. The van der Waals surface area contributed by atoms with Gasteiger partial charge in [-0.2, -0.15) is 0 Å². The molecule has 14 heteroatoms. The summed E-state index contributed by atoms with van der Waals surface area (Å²) in [5.74, 6) is -1.92. The van der Waals surface area contributed by atoms with Crippen LogP contribution < -0.4 is 11.1 Å². The molecule has 0 saturated carbocycles. The number of carboxylic acid groups (broad SMARTS) is 1. The number of carbonyl (C=O) groups is 3. The van der Waals surface area contributed by atoms with Gasteiger partial charge in [0.1, 0.15) is 29.9 Å². The SMILES string of the molecule is CO/N=C(\C(=O)N[C@@H]1C(=O)N2C(C(=O)O)=C(C3CCCO3)CS[C@H]12)c1csc(N)n1.[Na]. The van der Waals surface area contributed by atoms with Gasteiger partial charge in [0.15, 0.2) is 10.8 Å². The third-order valence-corrected chi connectivity index (χ3v) is 6.94. The molecule has 31 heavy (non-hydrogen) atoms. The van der Waals surface area contributed by atoms with Crippen LogP contribution in [0, 0.1) is 0 Å². The number of nitrogens with two attached hydrogens (primary N) is 1. The van der Waals surface area contributed by atoms with Gasteiger partial charge >= 0.3 is 5.97 Å². The summed E-state index contributed by atoms with van der Waals surface area (Å²) < 4.78 is 5.63. The summed E-state index contributed by atoms with van der Waals surface area (Å²) >= 11 is 2.53. The van der Waals surface area contributed by atoms with Gasteiger partial charge in [-0.25, -0.2) is 9.78 Å². The molecule has 11 nitrogen and oxygen atoms in total. The fourth-order valence-electron chi connectivity index (χ4n) is 3.64. The molecule has 0 aromatic carbocycles. The molecule has 3 aliphatic heterocycles. The number of β-lactam (4-membered cyclic amide) rings is 1. The molecule has 0 aliphatic carbocycles. The number of thioether (sulfide) groups is 1. The van der Waals surface area contributed by atoms with Crippen LogP contribution in [0.2, 0.25) is 0 Å². The van der Waals surface area contributed by atoms with E-state index in [9.17, 15) is 19.5 Å². The largest absolute Gasteiger partial charge is 0.477 e. The van der Waals surface area contributed by atoms with Crippen LogP contribution >= 0.6 is 23.1 Å². The number of carboxylic acids is 1. The van der Waals surface area contributed by atoms with Crippen LogP contribution in [0.15, 0.2) is 21.8 Å². The van der Waals surface area contributed by atoms with Crippen LogP contribution in [0.25, 0.3) is 0 Å². The molecule has 3 atom stereocenters. The number of ether oxygens (including phenoxy) is 1. The summed E-state index contributed by atoms with van der Waals surface area (Å²) in [4.78, 5) is 47.4. The molecule has 3 aliphatic rings. The van der Waals surface area contributed by atoms with Gasteiger partial charge in [0, 0.05) is 47.3 Å². The molecule has 4 heterocycles. The van der Waals surface area contributed by atoms with E-state index in [4.69, 9.17) is 15.3 Å². The van der Waals surface area contributed by atoms with E-state index in [2.05, 4.69) is 15.5 Å². The maximum absolute atomic E-state index is 12.8. The predicted molar refractivity (Wildman–Crippen MR) is 114 cm³/mol. The van der Waals surface area contributed by atoms with E-state index >= 15 is 0 Å². The maximum Gasteiger partial charge on any atom is 0.352 e. The van der Waals surface area contributed by atoms with Gasteiger partial charge in [-0.1, -0.05) is 5.16 Å². The number of hydrogen-bond acceptors (Lipinski definition) is 10. The Labute approximate surface area is 207 Å². The van der Waals surface area contributed by atoms with E-state index in [1.54, 1.807) is 5.38 Å². The topological polar surface area (TPSA) is 156 Å². The van der Waals surface area contributed by atoms with Crippen molar-refractivity contribution in [3.8, 4) is 0 Å². The maximum atomic E-state index is 12.8. The minimum Gasteiger partial charge on any atom is -0.477 e. The first-order chi connectivity index (χ1) is 14.4. The number of nitrogen functional groups attached to an aromatic ring is 1. The number of aromatic nitrogens is 1. The van der Waals surface area contributed by atoms with Crippen LogP contribution in [-0.2, 0) is 24.0 Å². The minimum atomic E-state index is -1.18. The number of amides is 2.